The summed E-state index contributed by atoms with van der Waals surface area (Å²) in [4.78, 5) is 22.2. The van der Waals surface area contributed by atoms with E-state index in [2.05, 4.69) is 15.0 Å². The fourth-order valence-electron chi connectivity index (χ4n) is 1.69. The highest BCUT2D eigenvalue weighted by molar-refractivity contribution is 5.90. The van der Waals surface area contributed by atoms with E-state index in [-0.39, 0.29) is 23.7 Å². The van der Waals surface area contributed by atoms with E-state index in [0.29, 0.717) is 0 Å². The van der Waals surface area contributed by atoms with Crippen LogP contribution in [0.25, 0.3) is 0 Å². The summed E-state index contributed by atoms with van der Waals surface area (Å²) < 4.78 is 18.8. The largest absolute Gasteiger partial charge is 0.461 e. The quantitative estimate of drug-likeness (QED) is 0.518. The monoisotopic (exact) mass is 264 g/mol. The van der Waals surface area contributed by atoms with E-state index in [1.807, 2.05) is 0 Å². The van der Waals surface area contributed by atoms with Crippen LogP contribution in [0, 0.1) is 10.7 Å². The third-order valence-corrected chi connectivity index (χ3v) is 2.60. The molecule has 0 atom stereocenters. The van der Waals surface area contributed by atoms with Crippen molar-refractivity contribution in [1.82, 2.24) is 5.10 Å². The topological polar surface area (TPSA) is 75.4 Å². The number of rotatable bonds is 4. The number of benzene rings is 1. The molecule has 2 rings (SSSR count). The molecule has 19 heavy (non-hydrogen) atoms. The van der Waals surface area contributed by atoms with Crippen LogP contribution in [0.15, 0.2) is 35.6 Å². The molecule has 0 saturated carbocycles. The number of hydrogen-bond donors (Lipinski definition) is 1. The maximum absolute atomic E-state index is 12.8. The number of ether oxygens (including phenoxy) is 1. The molecule has 0 aliphatic heterocycles. The molecule has 98 valence electrons. The van der Waals surface area contributed by atoms with E-state index < -0.39 is 5.97 Å². The molecule has 7 heteroatoms. The first-order valence-electron chi connectivity index (χ1n) is 5.43. The van der Waals surface area contributed by atoms with Gasteiger partial charge in [0.15, 0.2) is 6.54 Å². The summed E-state index contributed by atoms with van der Waals surface area (Å²) in [7, 11) is 1.21. The first kappa shape index (κ1) is 12.9. The molecule has 0 amide bonds. The molecule has 1 heterocycles. The lowest BCUT2D eigenvalue weighted by Gasteiger charge is -1.98. The van der Waals surface area contributed by atoms with Gasteiger partial charge in [-0.05, 0) is 29.4 Å². The summed E-state index contributed by atoms with van der Waals surface area (Å²) in [6, 6.07) is 5.79. The minimum Gasteiger partial charge on any atom is -0.461 e. The zero-order valence-corrected chi connectivity index (χ0v) is 10.1. The minimum atomic E-state index is -0.669. The number of nitrogens with one attached hydrogen (secondary N) is 1. The van der Waals surface area contributed by atoms with Crippen LogP contribution in [-0.4, -0.2) is 18.2 Å². The van der Waals surface area contributed by atoms with Crippen LogP contribution in [0.4, 0.5) is 10.1 Å². The summed E-state index contributed by atoms with van der Waals surface area (Å²) in [5.74, 6) is -1.01. The van der Waals surface area contributed by atoms with Crippen LogP contribution < -0.4 is 4.68 Å². The number of hydrogen-bond acceptors (Lipinski definition) is 4. The average molecular weight is 264 g/mol. The van der Waals surface area contributed by atoms with Crippen molar-refractivity contribution in [3.63, 3.8) is 0 Å². The number of nitrogens with zero attached hydrogens (tertiary/aromatic N) is 2. The predicted octanol–water partition coefficient (Wildman–Crippen LogP) is 1.67. The number of methoxy groups -OCH3 is 1. The number of carbonyl (C=O) groups excluding carboxylic acids is 1. The third-order valence-electron chi connectivity index (χ3n) is 2.60. The molecule has 0 bridgehead atoms. The maximum Gasteiger partial charge on any atom is 0.408 e. The first-order valence-corrected chi connectivity index (χ1v) is 5.43. The van der Waals surface area contributed by atoms with Gasteiger partial charge in [0.05, 0.1) is 13.3 Å². The van der Waals surface area contributed by atoms with Crippen molar-refractivity contribution >= 4 is 11.7 Å². The van der Waals surface area contributed by atoms with Crippen molar-refractivity contribution in [1.29, 1.82) is 0 Å². The van der Waals surface area contributed by atoms with Gasteiger partial charge in [-0.3, -0.25) is 0 Å². The number of esters is 1. The Morgan fingerprint density at radius 1 is 1.42 bits per heavy atom. The van der Waals surface area contributed by atoms with Crippen molar-refractivity contribution in [2.75, 3.05) is 7.11 Å². The Balaban J connectivity index is 2.34. The van der Waals surface area contributed by atoms with Crippen molar-refractivity contribution in [3.8, 4) is 0 Å². The highest BCUT2D eigenvalue weighted by atomic mass is 19.1. The van der Waals surface area contributed by atoms with Crippen LogP contribution in [-0.2, 0) is 11.3 Å². The van der Waals surface area contributed by atoms with Crippen LogP contribution >= 0.6 is 0 Å². The second-order valence-electron chi connectivity index (χ2n) is 3.80. The van der Waals surface area contributed by atoms with Gasteiger partial charge in [0, 0.05) is 5.56 Å². The SMILES string of the molecule is COC(=O)c1c(N=O)c[nH][n+]1Cc1ccc(F)cc1. The average Bonchev–Trinajstić information content (AvgIpc) is 2.83. The maximum atomic E-state index is 12.8. The van der Waals surface area contributed by atoms with Gasteiger partial charge < -0.3 is 4.74 Å². The molecule has 1 aromatic carbocycles. The summed E-state index contributed by atoms with van der Waals surface area (Å²) in [6.07, 6.45) is 1.31. The van der Waals surface area contributed by atoms with E-state index in [4.69, 9.17) is 0 Å². The van der Waals surface area contributed by atoms with Crippen molar-refractivity contribution in [2.45, 2.75) is 6.54 Å². The fourth-order valence-corrected chi connectivity index (χ4v) is 1.69. The molecule has 6 nitrogen and oxygen atoms in total. The van der Waals surface area contributed by atoms with E-state index >= 15 is 0 Å². The molecular weight excluding hydrogens is 253 g/mol. The molecule has 2 aromatic rings. The number of aromatic amines is 1. The van der Waals surface area contributed by atoms with E-state index in [9.17, 15) is 14.1 Å². The van der Waals surface area contributed by atoms with Gasteiger partial charge in [0.2, 0.25) is 5.69 Å². The van der Waals surface area contributed by atoms with Gasteiger partial charge in [0.1, 0.15) is 5.82 Å². The third kappa shape index (κ3) is 2.65. The molecule has 0 fully saturated rings. The second-order valence-corrected chi connectivity index (χ2v) is 3.80. The second kappa shape index (κ2) is 5.38. The zero-order valence-electron chi connectivity index (χ0n) is 10.1. The Kier molecular flexibility index (Phi) is 3.65. The first-order chi connectivity index (χ1) is 9.15. The van der Waals surface area contributed by atoms with Gasteiger partial charge in [0.25, 0.3) is 0 Å². The van der Waals surface area contributed by atoms with E-state index in [0.717, 1.165) is 5.56 Å². The number of nitroso groups, excluding NO2 is 1. The summed E-state index contributed by atoms with van der Waals surface area (Å²) in [5.41, 5.74) is 0.756. The van der Waals surface area contributed by atoms with Crippen molar-refractivity contribution in [2.24, 2.45) is 5.18 Å². The Labute approximate surface area is 107 Å². The van der Waals surface area contributed by atoms with Crippen LogP contribution in [0.1, 0.15) is 16.1 Å². The fraction of sp³-hybridized carbons (Fsp3) is 0.167. The number of aromatic nitrogens is 2. The lowest BCUT2D eigenvalue weighted by molar-refractivity contribution is -0.744. The zero-order chi connectivity index (χ0) is 13.8. The summed E-state index contributed by atoms with van der Waals surface area (Å²) >= 11 is 0. The molecule has 0 aliphatic rings. The van der Waals surface area contributed by atoms with Crippen LogP contribution in [0.3, 0.4) is 0 Å². The molecule has 0 unspecified atom stereocenters. The number of carbonyl (C=O) groups is 1. The Morgan fingerprint density at radius 2 is 2.11 bits per heavy atom. The summed E-state index contributed by atoms with van der Waals surface area (Å²) in [6.45, 7) is 0.264. The highest BCUT2D eigenvalue weighted by Crippen LogP contribution is 2.15. The Hall–Kier alpha value is -2.57. The van der Waals surface area contributed by atoms with Gasteiger partial charge in [-0.15, -0.1) is 4.91 Å². The number of halogens is 1. The normalized spacial score (nSPS) is 10.2. The smallest absolute Gasteiger partial charge is 0.408 e. The van der Waals surface area contributed by atoms with E-state index in [1.54, 1.807) is 12.1 Å². The van der Waals surface area contributed by atoms with Crippen LogP contribution in [0.2, 0.25) is 0 Å². The van der Waals surface area contributed by atoms with Crippen LogP contribution in [0.5, 0.6) is 0 Å². The molecular formula is C12H11FN3O3+. The Bertz CT molecular complexity index is 607. The molecule has 1 N–H and O–H groups in total. The van der Waals surface area contributed by atoms with Gasteiger partial charge in [-0.2, -0.15) is 5.10 Å². The predicted molar refractivity (Wildman–Crippen MR) is 63.3 cm³/mol. The van der Waals surface area contributed by atoms with Gasteiger partial charge >= 0.3 is 11.7 Å². The molecule has 0 radical (unpaired) electrons. The van der Waals surface area contributed by atoms with Crippen molar-refractivity contribution in [3.05, 3.63) is 52.4 Å². The molecule has 1 aromatic heterocycles. The Morgan fingerprint density at radius 3 is 2.68 bits per heavy atom. The number of H-pyrrole nitrogens is 1. The van der Waals surface area contributed by atoms with E-state index in [1.165, 1.54) is 30.1 Å². The summed E-state index contributed by atoms with van der Waals surface area (Å²) in [5, 5.41) is 5.48. The van der Waals surface area contributed by atoms with Crippen molar-refractivity contribution < 1.29 is 18.6 Å². The minimum absolute atomic E-state index is 0.0295. The lowest BCUT2D eigenvalue weighted by Crippen LogP contribution is -2.42. The molecule has 0 saturated heterocycles. The van der Waals surface area contributed by atoms with Gasteiger partial charge in [-0.1, -0.05) is 4.68 Å². The standard InChI is InChI=1S/C12H10FN3O3/c1-19-12(17)11-10(15-18)6-14-16(11)7-8-2-4-9(13)5-3-8/h2-6H,7H2,1H3/p+1. The molecule has 0 spiro atoms. The van der Waals surface area contributed by atoms with Gasteiger partial charge in [-0.25, -0.2) is 9.18 Å². The highest BCUT2D eigenvalue weighted by Gasteiger charge is 2.29. The molecule has 0 aliphatic carbocycles. The lowest BCUT2D eigenvalue weighted by atomic mass is 10.2.